The van der Waals surface area contributed by atoms with E-state index in [2.05, 4.69) is 33.0 Å². The molecule has 2 saturated heterocycles. The number of anilines is 1. The van der Waals surface area contributed by atoms with E-state index in [9.17, 15) is 14.4 Å². The molecule has 3 aromatic carbocycles. The zero-order chi connectivity index (χ0) is 26.1. The Bertz CT molecular complexity index is 1490. The highest BCUT2D eigenvalue weighted by Gasteiger charge is 2.29. The van der Waals surface area contributed by atoms with Crippen molar-refractivity contribution >= 4 is 34.3 Å². The van der Waals surface area contributed by atoms with E-state index in [0.717, 1.165) is 40.6 Å². The Morgan fingerprint density at radius 2 is 1.68 bits per heavy atom. The second kappa shape index (κ2) is 10.1. The molecule has 3 heterocycles. The Morgan fingerprint density at radius 3 is 2.39 bits per heavy atom. The molecule has 8 heteroatoms. The number of piperidine rings is 1. The Hall–Kier alpha value is -4.46. The second-order valence-corrected chi connectivity index (χ2v) is 10.1. The quantitative estimate of drug-likeness (QED) is 0.374. The molecule has 6 rings (SSSR count). The van der Waals surface area contributed by atoms with Crippen molar-refractivity contribution in [3.63, 3.8) is 0 Å². The smallest absolute Gasteiger partial charge is 0.274 e. The zero-order valence-corrected chi connectivity index (χ0v) is 20.9. The normalized spacial score (nSPS) is 17.9. The largest absolute Gasteiger partial charge is 0.355 e. The maximum absolute atomic E-state index is 13.3. The van der Waals surface area contributed by atoms with Gasteiger partial charge in [-0.05, 0) is 59.7 Å². The molecule has 8 nitrogen and oxygen atoms in total. The average Bonchev–Trinajstić information content (AvgIpc) is 3.60. The van der Waals surface area contributed by atoms with Crippen molar-refractivity contribution in [1.82, 2.24) is 20.4 Å². The maximum atomic E-state index is 13.3. The van der Waals surface area contributed by atoms with Crippen molar-refractivity contribution in [3.8, 4) is 11.1 Å². The number of nitrogens with zero attached hydrogens (tertiary/aromatic N) is 2. The van der Waals surface area contributed by atoms with Crippen LogP contribution in [0.3, 0.4) is 0 Å². The fourth-order valence-electron chi connectivity index (χ4n) is 5.43. The van der Waals surface area contributed by atoms with Gasteiger partial charge in [0.2, 0.25) is 11.8 Å². The molecule has 38 heavy (non-hydrogen) atoms. The molecule has 0 aliphatic carbocycles. The Kier molecular flexibility index (Phi) is 6.37. The Balaban J connectivity index is 1.07. The number of likely N-dealkylation sites (tertiary alicyclic amines) is 1. The minimum atomic E-state index is -0.318. The van der Waals surface area contributed by atoms with Crippen LogP contribution in [-0.2, 0) is 9.59 Å². The van der Waals surface area contributed by atoms with Crippen LogP contribution >= 0.6 is 0 Å². The van der Waals surface area contributed by atoms with Crippen molar-refractivity contribution < 1.29 is 14.4 Å². The van der Waals surface area contributed by atoms with Crippen LogP contribution in [0.25, 0.3) is 22.0 Å². The number of rotatable bonds is 5. The highest BCUT2D eigenvalue weighted by molar-refractivity contribution is 6.05. The lowest BCUT2D eigenvalue weighted by Crippen LogP contribution is -2.38. The maximum Gasteiger partial charge on any atom is 0.274 e. The first-order chi connectivity index (χ1) is 18.5. The third-order valence-electron chi connectivity index (χ3n) is 7.65. The monoisotopic (exact) mass is 507 g/mol. The van der Waals surface area contributed by atoms with Gasteiger partial charge in [-0.1, -0.05) is 48.5 Å². The molecular formula is C30H29N5O3. The lowest BCUT2D eigenvalue weighted by Gasteiger charge is -2.32. The van der Waals surface area contributed by atoms with Crippen LogP contribution in [0.15, 0.2) is 72.8 Å². The SMILES string of the molecule is O=C1CC(C(=O)Nc2ccc(C3CCN(C(=O)c4n[nH]c5cc(-c6ccccc6)ccc45)CC3)cc2)CN1. The van der Waals surface area contributed by atoms with E-state index in [0.29, 0.717) is 31.2 Å². The van der Waals surface area contributed by atoms with E-state index in [1.807, 2.05) is 65.6 Å². The number of H-pyrrole nitrogens is 1. The van der Waals surface area contributed by atoms with E-state index in [1.165, 1.54) is 5.56 Å². The number of aromatic amines is 1. The number of carbonyl (C=O) groups is 3. The molecule has 192 valence electrons. The van der Waals surface area contributed by atoms with Crippen LogP contribution in [0.2, 0.25) is 0 Å². The van der Waals surface area contributed by atoms with Crippen LogP contribution < -0.4 is 10.6 Å². The third-order valence-corrected chi connectivity index (χ3v) is 7.65. The Morgan fingerprint density at radius 1 is 0.921 bits per heavy atom. The molecule has 0 bridgehead atoms. The first-order valence-electron chi connectivity index (χ1n) is 13.1. The summed E-state index contributed by atoms with van der Waals surface area (Å²) in [6.45, 7) is 1.73. The van der Waals surface area contributed by atoms with Gasteiger partial charge in [0.05, 0.1) is 11.4 Å². The highest BCUT2D eigenvalue weighted by atomic mass is 16.2. The van der Waals surface area contributed by atoms with Crippen LogP contribution in [0, 0.1) is 5.92 Å². The summed E-state index contributed by atoms with van der Waals surface area (Å²) >= 11 is 0. The minimum Gasteiger partial charge on any atom is -0.355 e. The number of hydrogen-bond donors (Lipinski definition) is 3. The summed E-state index contributed by atoms with van der Waals surface area (Å²) < 4.78 is 0. The first-order valence-corrected chi connectivity index (χ1v) is 13.1. The van der Waals surface area contributed by atoms with Crippen LogP contribution in [0.4, 0.5) is 5.69 Å². The van der Waals surface area contributed by atoms with Crippen LogP contribution in [0.5, 0.6) is 0 Å². The van der Waals surface area contributed by atoms with Crippen LogP contribution in [0.1, 0.15) is 41.2 Å². The molecule has 2 fully saturated rings. The molecular weight excluding hydrogens is 478 g/mol. The molecule has 1 aromatic heterocycles. The predicted molar refractivity (Wildman–Crippen MR) is 146 cm³/mol. The number of benzene rings is 3. The van der Waals surface area contributed by atoms with E-state index in [4.69, 9.17) is 0 Å². The van der Waals surface area contributed by atoms with Crippen molar-refractivity contribution in [3.05, 3.63) is 84.1 Å². The fraction of sp³-hybridized carbons (Fsp3) is 0.267. The molecule has 4 aromatic rings. The molecule has 0 radical (unpaired) electrons. The lowest BCUT2D eigenvalue weighted by molar-refractivity contribution is -0.123. The Labute approximate surface area is 220 Å². The molecule has 0 spiro atoms. The van der Waals surface area contributed by atoms with Gasteiger partial charge in [-0.15, -0.1) is 0 Å². The standard InChI is InChI=1S/C30H29N5O3/c36-27-17-23(18-31-27)29(37)32-24-9-6-20(7-10-24)21-12-14-35(15-13-21)30(38)28-25-11-8-22(16-26(25)33-34-28)19-4-2-1-3-5-19/h1-11,16,21,23H,12-15,17-18H2,(H,31,36)(H,32,37)(H,33,34). The molecule has 2 aliphatic rings. The predicted octanol–water partition coefficient (Wildman–Crippen LogP) is 4.32. The van der Waals surface area contributed by atoms with Gasteiger partial charge < -0.3 is 15.5 Å². The molecule has 3 N–H and O–H groups in total. The molecule has 2 aliphatic heterocycles. The summed E-state index contributed by atoms with van der Waals surface area (Å²) in [5.41, 5.74) is 5.46. The first kappa shape index (κ1) is 23.9. The number of amides is 3. The molecule has 1 atom stereocenters. The number of hydrogen-bond acceptors (Lipinski definition) is 4. The van der Waals surface area contributed by atoms with Gasteiger partial charge >= 0.3 is 0 Å². The summed E-state index contributed by atoms with van der Waals surface area (Å²) in [5, 5.41) is 13.9. The average molecular weight is 508 g/mol. The number of fused-ring (bicyclic) bond motifs is 1. The number of nitrogens with one attached hydrogen (secondary N) is 3. The van der Waals surface area contributed by atoms with Crippen LogP contribution in [-0.4, -0.2) is 52.5 Å². The lowest BCUT2D eigenvalue weighted by atomic mass is 9.89. The molecule has 0 saturated carbocycles. The van der Waals surface area contributed by atoms with Gasteiger partial charge in [0, 0.05) is 37.1 Å². The van der Waals surface area contributed by atoms with Crippen molar-refractivity contribution in [1.29, 1.82) is 0 Å². The van der Waals surface area contributed by atoms with Crippen molar-refractivity contribution in [2.45, 2.75) is 25.2 Å². The van der Waals surface area contributed by atoms with Crippen molar-refractivity contribution in [2.75, 3.05) is 25.0 Å². The summed E-state index contributed by atoms with van der Waals surface area (Å²) in [6.07, 6.45) is 1.98. The van der Waals surface area contributed by atoms with Gasteiger partial charge in [0.25, 0.3) is 5.91 Å². The minimum absolute atomic E-state index is 0.0416. The molecule has 1 unspecified atom stereocenters. The zero-order valence-electron chi connectivity index (χ0n) is 20.9. The van der Waals surface area contributed by atoms with E-state index in [-0.39, 0.29) is 30.1 Å². The van der Waals surface area contributed by atoms with Gasteiger partial charge in [-0.25, -0.2) is 0 Å². The third kappa shape index (κ3) is 4.77. The summed E-state index contributed by atoms with van der Waals surface area (Å²) in [6, 6.07) is 24.1. The van der Waals surface area contributed by atoms with Gasteiger partial charge in [0.1, 0.15) is 0 Å². The second-order valence-electron chi connectivity index (χ2n) is 10.1. The van der Waals surface area contributed by atoms with E-state index >= 15 is 0 Å². The van der Waals surface area contributed by atoms with Gasteiger partial charge in [-0.2, -0.15) is 5.10 Å². The van der Waals surface area contributed by atoms with E-state index < -0.39 is 0 Å². The van der Waals surface area contributed by atoms with Gasteiger partial charge in [0.15, 0.2) is 5.69 Å². The summed E-state index contributed by atoms with van der Waals surface area (Å²) in [4.78, 5) is 38.9. The highest BCUT2D eigenvalue weighted by Crippen LogP contribution is 2.31. The van der Waals surface area contributed by atoms with E-state index in [1.54, 1.807) is 0 Å². The number of aromatic nitrogens is 2. The summed E-state index contributed by atoms with van der Waals surface area (Å²) in [7, 11) is 0. The summed E-state index contributed by atoms with van der Waals surface area (Å²) in [5.74, 6) is -0.223. The molecule has 3 amide bonds. The topological polar surface area (TPSA) is 107 Å². The van der Waals surface area contributed by atoms with Gasteiger partial charge in [-0.3, -0.25) is 19.5 Å². The number of carbonyl (C=O) groups excluding carboxylic acids is 3. The fourth-order valence-corrected chi connectivity index (χ4v) is 5.43. The van der Waals surface area contributed by atoms with Crippen molar-refractivity contribution in [2.24, 2.45) is 5.92 Å².